The number of amides is 2. The van der Waals surface area contributed by atoms with Gasteiger partial charge in [-0.25, -0.2) is 0 Å². The second kappa shape index (κ2) is 5.30. The van der Waals surface area contributed by atoms with Crippen molar-refractivity contribution < 1.29 is 14.3 Å². The third kappa shape index (κ3) is 2.72. The molecule has 0 aromatic carbocycles. The molecule has 90 valence electrons. The van der Waals surface area contributed by atoms with Gasteiger partial charge in [-0.05, 0) is 12.8 Å². The fourth-order valence-electron chi connectivity index (χ4n) is 2.10. The Hall–Kier alpha value is -1.10. The molecule has 0 bridgehead atoms. The molecule has 2 heterocycles. The maximum atomic E-state index is 11.9. The van der Waals surface area contributed by atoms with Crippen LogP contribution in [-0.2, 0) is 14.3 Å². The molecule has 2 rings (SSSR count). The smallest absolute Gasteiger partial charge is 0.242 e. The van der Waals surface area contributed by atoms with Crippen molar-refractivity contribution in [3.63, 3.8) is 0 Å². The number of carbonyl (C=O) groups excluding carboxylic acids is 2. The second-order valence-corrected chi connectivity index (χ2v) is 4.27. The van der Waals surface area contributed by atoms with Gasteiger partial charge in [-0.1, -0.05) is 0 Å². The molecule has 16 heavy (non-hydrogen) atoms. The number of likely N-dealkylation sites (tertiary alicyclic amines) is 1. The second-order valence-electron chi connectivity index (χ2n) is 4.27. The predicted molar refractivity (Wildman–Crippen MR) is 57.8 cm³/mol. The topological polar surface area (TPSA) is 49.9 Å². The lowest BCUT2D eigenvalue weighted by molar-refractivity contribution is -0.144. The van der Waals surface area contributed by atoms with E-state index in [9.17, 15) is 9.59 Å². The first kappa shape index (κ1) is 11.4. The molecule has 2 aliphatic rings. The summed E-state index contributed by atoms with van der Waals surface area (Å²) in [5.41, 5.74) is 0. The molecule has 0 unspecified atom stereocenters. The molecule has 0 aromatic rings. The molecule has 0 atom stereocenters. The van der Waals surface area contributed by atoms with Crippen molar-refractivity contribution in [2.45, 2.75) is 19.3 Å². The fraction of sp³-hybridized carbons (Fsp3) is 0.818. The van der Waals surface area contributed by atoms with Gasteiger partial charge in [0, 0.05) is 26.1 Å². The Labute approximate surface area is 95.3 Å². The highest BCUT2D eigenvalue weighted by atomic mass is 16.5. The third-order valence-corrected chi connectivity index (χ3v) is 3.11. The SMILES string of the molecule is O=C(CN1CCCCC1=O)N1CCOCC1. The summed E-state index contributed by atoms with van der Waals surface area (Å²) in [7, 11) is 0. The van der Waals surface area contributed by atoms with Gasteiger partial charge in [0.05, 0.1) is 19.8 Å². The summed E-state index contributed by atoms with van der Waals surface area (Å²) < 4.78 is 5.19. The quantitative estimate of drug-likeness (QED) is 0.658. The van der Waals surface area contributed by atoms with E-state index >= 15 is 0 Å². The number of piperidine rings is 1. The molecule has 0 saturated carbocycles. The van der Waals surface area contributed by atoms with Gasteiger partial charge >= 0.3 is 0 Å². The molecule has 0 radical (unpaired) electrons. The van der Waals surface area contributed by atoms with Crippen LogP contribution in [0.1, 0.15) is 19.3 Å². The average Bonchev–Trinajstić information content (AvgIpc) is 2.33. The van der Waals surface area contributed by atoms with Crippen LogP contribution in [0.4, 0.5) is 0 Å². The molecule has 0 aliphatic carbocycles. The molecule has 2 aliphatic heterocycles. The van der Waals surface area contributed by atoms with E-state index in [-0.39, 0.29) is 18.4 Å². The first-order valence-corrected chi connectivity index (χ1v) is 5.90. The fourth-order valence-corrected chi connectivity index (χ4v) is 2.10. The van der Waals surface area contributed by atoms with E-state index in [0.717, 1.165) is 19.4 Å². The van der Waals surface area contributed by atoms with Crippen LogP contribution in [0.5, 0.6) is 0 Å². The Kier molecular flexibility index (Phi) is 3.77. The van der Waals surface area contributed by atoms with E-state index in [1.54, 1.807) is 9.80 Å². The predicted octanol–water partition coefficient (Wildman–Crippen LogP) is -0.142. The van der Waals surface area contributed by atoms with Gasteiger partial charge in [-0.2, -0.15) is 0 Å². The number of hydrogen-bond acceptors (Lipinski definition) is 3. The normalized spacial score (nSPS) is 22.4. The molecule has 2 fully saturated rings. The van der Waals surface area contributed by atoms with Crippen LogP contribution in [0.25, 0.3) is 0 Å². The lowest BCUT2D eigenvalue weighted by Gasteiger charge is -2.31. The van der Waals surface area contributed by atoms with E-state index in [0.29, 0.717) is 32.7 Å². The molecule has 0 aromatic heterocycles. The van der Waals surface area contributed by atoms with Crippen molar-refractivity contribution in [1.82, 2.24) is 9.80 Å². The standard InChI is InChI=1S/C11H18N2O3/c14-10-3-1-2-4-13(10)9-11(15)12-5-7-16-8-6-12/h1-9H2. The lowest BCUT2D eigenvalue weighted by atomic mass is 10.1. The van der Waals surface area contributed by atoms with Gasteiger partial charge in [0.1, 0.15) is 0 Å². The van der Waals surface area contributed by atoms with Crippen molar-refractivity contribution in [2.24, 2.45) is 0 Å². The Morgan fingerprint density at radius 1 is 1.19 bits per heavy atom. The van der Waals surface area contributed by atoms with Crippen molar-refractivity contribution in [3.8, 4) is 0 Å². The van der Waals surface area contributed by atoms with Gasteiger partial charge in [0.2, 0.25) is 11.8 Å². The number of hydrogen-bond donors (Lipinski definition) is 0. The summed E-state index contributed by atoms with van der Waals surface area (Å²) in [6, 6.07) is 0. The number of rotatable bonds is 2. The van der Waals surface area contributed by atoms with Crippen LogP contribution >= 0.6 is 0 Å². The Morgan fingerprint density at radius 2 is 1.94 bits per heavy atom. The van der Waals surface area contributed by atoms with Crippen molar-refractivity contribution in [3.05, 3.63) is 0 Å². The number of carbonyl (C=O) groups is 2. The third-order valence-electron chi connectivity index (χ3n) is 3.11. The van der Waals surface area contributed by atoms with Crippen LogP contribution in [0.15, 0.2) is 0 Å². The number of ether oxygens (including phenoxy) is 1. The van der Waals surface area contributed by atoms with Gasteiger partial charge < -0.3 is 14.5 Å². The minimum absolute atomic E-state index is 0.0542. The van der Waals surface area contributed by atoms with Gasteiger partial charge in [-0.3, -0.25) is 9.59 Å². The van der Waals surface area contributed by atoms with Crippen LogP contribution in [0.2, 0.25) is 0 Å². The molecule has 0 N–H and O–H groups in total. The summed E-state index contributed by atoms with van der Waals surface area (Å²) in [6.45, 7) is 3.51. The highest BCUT2D eigenvalue weighted by Crippen LogP contribution is 2.10. The van der Waals surface area contributed by atoms with E-state index in [2.05, 4.69) is 0 Å². The molecule has 2 amide bonds. The minimum atomic E-state index is 0.0542. The van der Waals surface area contributed by atoms with Crippen LogP contribution in [-0.4, -0.2) is 61.0 Å². The zero-order chi connectivity index (χ0) is 11.4. The molecular weight excluding hydrogens is 208 g/mol. The van der Waals surface area contributed by atoms with Gasteiger partial charge in [0.25, 0.3) is 0 Å². The van der Waals surface area contributed by atoms with Crippen molar-refractivity contribution in [1.29, 1.82) is 0 Å². The Bertz CT molecular complexity index is 274. The Balaban J connectivity index is 1.83. The number of nitrogens with zero attached hydrogens (tertiary/aromatic N) is 2. The van der Waals surface area contributed by atoms with E-state index in [1.165, 1.54) is 0 Å². The van der Waals surface area contributed by atoms with E-state index in [4.69, 9.17) is 4.74 Å². The maximum absolute atomic E-state index is 11.9. The van der Waals surface area contributed by atoms with E-state index in [1.807, 2.05) is 0 Å². The summed E-state index contributed by atoms with van der Waals surface area (Å²) in [5, 5.41) is 0. The molecule has 0 spiro atoms. The maximum Gasteiger partial charge on any atom is 0.242 e. The lowest BCUT2D eigenvalue weighted by Crippen LogP contribution is -2.48. The van der Waals surface area contributed by atoms with Crippen LogP contribution < -0.4 is 0 Å². The molecule has 2 saturated heterocycles. The average molecular weight is 226 g/mol. The van der Waals surface area contributed by atoms with Crippen LogP contribution in [0.3, 0.4) is 0 Å². The monoisotopic (exact) mass is 226 g/mol. The molecular formula is C11H18N2O3. The largest absolute Gasteiger partial charge is 0.378 e. The first-order valence-electron chi connectivity index (χ1n) is 5.90. The molecule has 5 nitrogen and oxygen atoms in total. The van der Waals surface area contributed by atoms with E-state index < -0.39 is 0 Å². The van der Waals surface area contributed by atoms with Crippen molar-refractivity contribution >= 4 is 11.8 Å². The first-order chi connectivity index (χ1) is 7.77. The van der Waals surface area contributed by atoms with Crippen molar-refractivity contribution in [2.75, 3.05) is 39.4 Å². The summed E-state index contributed by atoms with van der Waals surface area (Å²) in [6.07, 6.45) is 2.57. The summed E-state index contributed by atoms with van der Waals surface area (Å²) >= 11 is 0. The van der Waals surface area contributed by atoms with Crippen LogP contribution in [0, 0.1) is 0 Å². The highest BCUT2D eigenvalue weighted by Gasteiger charge is 2.24. The summed E-state index contributed by atoms with van der Waals surface area (Å²) in [5.74, 6) is 0.173. The zero-order valence-corrected chi connectivity index (χ0v) is 9.48. The van der Waals surface area contributed by atoms with Gasteiger partial charge in [0.15, 0.2) is 0 Å². The highest BCUT2D eigenvalue weighted by molar-refractivity contribution is 5.85. The minimum Gasteiger partial charge on any atom is -0.378 e. The zero-order valence-electron chi connectivity index (χ0n) is 9.48. The Morgan fingerprint density at radius 3 is 2.62 bits per heavy atom. The van der Waals surface area contributed by atoms with Gasteiger partial charge in [-0.15, -0.1) is 0 Å². The summed E-state index contributed by atoms with van der Waals surface area (Å²) in [4.78, 5) is 26.9. The number of morpholine rings is 1. The molecule has 5 heteroatoms.